The molecule has 0 aliphatic carbocycles. The molecule has 1 fully saturated rings. The number of aromatic nitrogens is 3. The molecule has 3 rings (SSSR count). The predicted octanol–water partition coefficient (Wildman–Crippen LogP) is 1.83. The number of hydrogen-bond donors (Lipinski definition) is 1. The van der Waals surface area contributed by atoms with Crippen LogP contribution in [0.15, 0.2) is 10.7 Å². The summed E-state index contributed by atoms with van der Waals surface area (Å²) in [5, 5.41) is 13.5. The molecule has 2 aromatic heterocycles. The van der Waals surface area contributed by atoms with Gasteiger partial charge in [-0.05, 0) is 33.6 Å². The van der Waals surface area contributed by atoms with E-state index in [0.29, 0.717) is 24.6 Å². The first-order valence-electron chi connectivity index (χ1n) is 8.62. The Kier molecular flexibility index (Phi) is 5.13. The number of piperidine rings is 1. The van der Waals surface area contributed by atoms with Gasteiger partial charge in [0, 0.05) is 36.3 Å². The van der Waals surface area contributed by atoms with Gasteiger partial charge in [0.15, 0.2) is 0 Å². The highest BCUT2D eigenvalue weighted by molar-refractivity contribution is 5.79. The maximum absolute atomic E-state index is 12.7. The standard InChI is InChI=1S/C18H24N4O3/c1-11-16(12(2)25-21-11)7-17(24)22-6-4-5-14(9-22)18-15(10-23)8-19-13(3)20-18/h8,14,23H,4-7,9-10H2,1-3H3. The van der Waals surface area contributed by atoms with E-state index in [9.17, 15) is 9.90 Å². The molecule has 1 aliphatic rings. The van der Waals surface area contributed by atoms with Crippen molar-refractivity contribution in [2.45, 2.75) is 52.6 Å². The maximum atomic E-state index is 12.7. The van der Waals surface area contributed by atoms with Gasteiger partial charge in [0.25, 0.3) is 0 Å². The van der Waals surface area contributed by atoms with Crippen LogP contribution >= 0.6 is 0 Å². The van der Waals surface area contributed by atoms with Crippen molar-refractivity contribution < 1.29 is 14.4 Å². The Morgan fingerprint density at radius 3 is 2.88 bits per heavy atom. The minimum Gasteiger partial charge on any atom is -0.392 e. The SMILES string of the molecule is Cc1ncc(CO)c(C2CCCN(C(=O)Cc3c(C)noc3C)C2)n1. The third kappa shape index (κ3) is 3.71. The van der Waals surface area contributed by atoms with E-state index in [1.165, 1.54) is 0 Å². The van der Waals surface area contributed by atoms with Crippen LogP contribution in [0.2, 0.25) is 0 Å². The normalized spacial score (nSPS) is 17.8. The van der Waals surface area contributed by atoms with E-state index in [4.69, 9.17) is 4.52 Å². The highest BCUT2D eigenvalue weighted by Crippen LogP contribution is 2.28. The van der Waals surface area contributed by atoms with Crippen LogP contribution in [0, 0.1) is 20.8 Å². The number of nitrogens with zero attached hydrogens (tertiary/aromatic N) is 4. The van der Waals surface area contributed by atoms with Gasteiger partial charge in [0.1, 0.15) is 11.6 Å². The van der Waals surface area contributed by atoms with Crippen molar-refractivity contribution in [3.8, 4) is 0 Å². The zero-order valence-corrected chi connectivity index (χ0v) is 14.9. The molecule has 25 heavy (non-hydrogen) atoms. The van der Waals surface area contributed by atoms with Gasteiger partial charge in [-0.15, -0.1) is 0 Å². The summed E-state index contributed by atoms with van der Waals surface area (Å²) in [6, 6.07) is 0. The summed E-state index contributed by atoms with van der Waals surface area (Å²) in [6.07, 6.45) is 3.87. The number of rotatable bonds is 4. The fourth-order valence-electron chi connectivity index (χ4n) is 3.43. The van der Waals surface area contributed by atoms with Crippen LogP contribution in [0.25, 0.3) is 0 Å². The van der Waals surface area contributed by atoms with Crippen molar-refractivity contribution in [2.24, 2.45) is 0 Å². The van der Waals surface area contributed by atoms with Crippen LogP contribution in [0.5, 0.6) is 0 Å². The molecule has 1 unspecified atom stereocenters. The summed E-state index contributed by atoms with van der Waals surface area (Å²) in [6.45, 7) is 6.81. The van der Waals surface area contributed by atoms with Crippen molar-refractivity contribution in [1.82, 2.24) is 20.0 Å². The number of carbonyl (C=O) groups excluding carboxylic acids is 1. The first kappa shape index (κ1) is 17.5. The second-order valence-corrected chi connectivity index (χ2v) is 6.64. The van der Waals surface area contributed by atoms with Gasteiger partial charge in [-0.2, -0.15) is 0 Å². The predicted molar refractivity (Wildman–Crippen MR) is 90.9 cm³/mol. The Morgan fingerprint density at radius 2 is 2.20 bits per heavy atom. The first-order chi connectivity index (χ1) is 12.0. The van der Waals surface area contributed by atoms with Gasteiger partial charge in [0.05, 0.1) is 24.4 Å². The Bertz CT molecular complexity index is 752. The second-order valence-electron chi connectivity index (χ2n) is 6.64. The van der Waals surface area contributed by atoms with Crippen molar-refractivity contribution >= 4 is 5.91 Å². The lowest BCUT2D eigenvalue weighted by Gasteiger charge is -2.33. The average molecular weight is 344 g/mol. The average Bonchev–Trinajstić information content (AvgIpc) is 2.93. The van der Waals surface area contributed by atoms with Crippen LogP contribution in [0.1, 0.15) is 52.9 Å². The number of aliphatic hydroxyl groups excluding tert-OH is 1. The molecule has 0 aromatic carbocycles. The zero-order chi connectivity index (χ0) is 18.0. The molecule has 1 saturated heterocycles. The van der Waals surface area contributed by atoms with Crippen LogP contribution in [0.3, 0.4) is 0 Å². The van der Waals surface area contributed by atoms with Gasteiger partial charge < -0.3 is 14.5 Å². The molecular weight excluding hydrogens is 320 g/mol. The molecule has 134 valence electrons. The van der Waals surface area contributed by atoms with Crippen LogP contribution in [0.4, 0.5) is 0 Å². The first-order valence-corrected chi connectivity index (χ1v) is 8.62. The molecule has 7 heteroatoms. The van der Waals surface area contributed by atoms with Gasteiger partial charge in [-0.3, -0.25) is 4.79 Å². The molecule has 7 nitrogen and oxygen atoms in total. The quantitative estimate of drug-likeness (QED) is 0.910. The van der Waals surface area contributed by atoms with E-state index in [1.807, 2.05) is 25.7 Å². The van der Waals surface area contributed by atoms with Gasteiger partial charge in [-0.25, -0.2) is 9.97 Å². The minimum absolute atomic E-state index is 0.0791. The summed E-state index contributed by atoms with van der Waals surface area (Å²) in [7, 11) is 0. The number of hydrogen-bond acceptors (Lipinski definition) is 6. The molecule has 2 aromatic rings. The molecule has 1 aliphatic heterocycles. The van der Waals surface area contributed by atoms with Gasteiger partial charge in [-0.1, -0.05) is 5.16 Å². The molecule has 1 amide bonds. The van der Waals surface area contributed by atoms with Gasteiger partial charge in [0.2, 0.25) is 5.91 Å². The van der Waals surface area contributed by atoms with E-state index in [-0.39, 0.29) is 18.4 Å². The Hall–Kier alpha value is -2.28. The maximum Gasteiger partial charge on any atom is 0.227 e. The Morgan fingerprint density at radius 1 is 1.40 bits per heavy atom. The molecular formula is C18H24N4O3. The second kappa shape index (κ2) is 7.31. The molecule has 0 radical (unpaired) electrons. The van der Waals surface area contributed by atoms with E-state index < -0.39 is 0 Å². The van der Waals surface area contributed by atoms with Crippen LogP contribution in [-0.4, -0.2) is 44.1 Å². The summed E-state index contributed by atoms with van der Waals surface area (Å²) in [4.78, 5) is 23.3. The van der Waals surface area contributed by atoms with Crippen molar-refractivity contribution in [3.63, 3.8) is 0 Å². The summed E-state index contributed by atoms with van der Waals surface area (Å²) >= 11 is 0. The lowest BCUT2D eigenvalue weighted by molar-refractivity contribution is -0.131. The number of amides is 1. The molecule has 0 bridgehead atoms. The Balaban J connectivity index is 1.75. The summed E-state index contributed by atoms with van der Waals surface area (Å²) in [5.74, 6) is 1.60. The lowest BCUT2D eigenvalue weighted by atomic mass is 9.91. The van der Waals surface area contributed by atoms with Crippen LogP contribution < -0.4 is 0 Å². The van der Waals surface area contributed by atoms with E-state index in [1.54, 1.807) is 6.20 Å². The molecule has 0 spiro atoms. The summed E-state index contributed by atoms with van der Waals surface area (Å²) in [5.41, 5.74) is 3.26. The third-order valence-corrected chi connectivity index (χ3v) is 4.86. The third-order valence-electron chi connectivity index (χ3n) is 4.86. The lowest BCUT2D eigenvalue weighted by Crippen LogP contribution is -2.40. The van der Waals surface area contributed by atoms with Crippen molar-refractivity contribution in [3.05, 3.63) is 40.3 Å². The highest BCUT2D eigenvalue weighted by Gasteiger charge is 2.28. The zero-order valence-electron chi connectivity index (χ0n) is 14.9. The monoisotopic (exact) mass is 344 g/mol. The molecule has 1 atom stereocenters. The topological polar surface area (TPSA) is 92.4 Å². The molecule has 0 saturated carbocycles. The smallest absolute Gasteiger partial charge is 0.227 e. The van der Waals surface area contributed by atoms with Gasteiger partial charge >= 0.3 is 0 Å². The van der Waals surface area contributed by atoms with E-state index in [2.05, 4.69) is 15.1 Å². The van der Waals surface area contributed by atoms with Crippen LogP contribution in [-0.2, 0) is 17.8 Å². The molecule has 3 heterocycles. The number of carbonyl (C=O) groups is 1. The fourth-order valence-corrected chi connectivity index (χ4v) is 3.43. The molecule has 1 N–H and O–H groups in total. The number of aryl methyl sites for hydroxylation is 3. The summed E-state index contributed by atoms with van der Waals surface area (Å²) < 4.78 is 5.15. The number of aliphatic hydroxyl groups is 1. The Labute approximate surface area is 147 Å². The highest BCUT2D eigenvalue weighted by atomic mass is 16.5. The van der Waals surface area contributed by atoms with Crippen molar-refractivity contribution in [1.29, 1.82) is 0 Å². The van der Waals surface area contributed by atoms with E-state index >= 15 is 0 Å². The fraction of sp³-hybridized carbons (Fsp3) is 0.556. The van der Waals surface area contributed by atoms with E-state index in [0.717, 1.165) is 41.9 Å². The largest absolute Gasteiger partial charge is 0.392 e. The number of likely N-dealkylation sites (tertiary alicyclic amines) is 1. The van der Waals surface area contributed by atoms with Crippen molar-refractivity contribution in [2.75, 3.05) is 13.1 Å². The minimum atomic E-state index is -0.0842.